The number of methoxy groups -OCH3 is 1. The van der Waals surface area contributed by atoms with E-state index in [1.165, 1.54) is 19.2 Å². The third-order valence-electron chi connectivity index (χ3n) is 3.37. The standard InChI is InChI=1S/C16H16ClNO4S/c1-18(14-9-4-3-5-10-14)23(20,21)15(16(19)22-2)12-7-6-8-13(17)11-12/h3-11,15H,1-2H3. The molecular weight excluding hydrogens is 338 g/mol. The van der Waals surface area contributed by atoms with Crippen LogP contribution in [0, 0.1) is 0 Å². The zero-order valence-electron chi connectivity index (χ0n) is 12.6. The van der Waals surface area contributed by atoms with Crippen molar-refractivity contribution in [1.29, 1.82) is 0 Å². The molecule has 2 aromatic carbocycles. The number of para-hydroxylation sites is 1. The maximum Gasteiger partial charge on any atom is 0.330 e. The molecule has 0 radical (unpaired) electrons. The number of carbonyl (C=O) groups is 1. The third kappa shape index (κ3) is 3.65. The zero-order chi connectivity index (χ0) is 17.0. The highest BCUT2D eigenvalue weighted by molar-refractivity contribution is 7.93. The minimum atomic E-state index is -4.04. The Hall–Kier alpha value is -2.05. The van der Waals surface area contributed by atoms with Gasteiger partial charge < -0.3 is 4.74 Å². The van der Waals surface area contributed by atoms with Crippen LogP contribution in [0.4, 0.5) is 5.69 Å². The van der Waals surface area contributed by atoms with Gasteiger partial charge in [0.25, 0.3) is 10.0 Å². The lowest BCUT2D eigenvalue weighted by Crippen LogP contribution is -2.35. The fourth-order valence-electron chi connectivity index (χ4n) is 2.15. The van der Waals surface area contributed by atoms with Crippen LogP contribution in [0.15, 0.2) is 54.6 Å². The van der Waals surface area contributed by atoms with E-state index >= 15 is 0 Å². The van der Waals surface area contributed by atoms with E-state index in [1.807, 2.05) is 0 Å². The van der Waals surface area contributed by atoms with Crippen molar-refractivity contribution in [2.24, 2.45) is 0 Å². The van der Waals surface area contributed by atoms with Gasteiger partial charge in [-0.1, -0.05) is 41.9 Å². The van der Waals surface area contributed by atoms with Crippen molar-refractivity contribution < 1.29 is 17.9 Å². The van der Waals surface area contributed by atoms with Crippen molar-refractivity contribution in [2.45, 2.75) is 5.25 Å². The highest BCUT2D eigenvalue weighted by atomic mass is 35.5. The summed E-state index contributed by atoms with van der Waals surface area (Å²) in [5.74, 6) is -0.866. The summed E-state index contributed by atoms with van der Waals surface area (Å²) in [4.78, 5) is 12.1. The van der Waals surface area contributed by atoms with E-state index in [1.54, 1.807) is 42.5 Å². The normalized spacial score (nSPS) is 12.5. The molecule has 0 saturated heterocycles. The monoisotopic (exact) mass is 353 g/mol. The van der Waals surface area contributed by atoms with Gasteiger partial charge in [0.2, 0.25) is 5.25 Å². The van der Waals surface area contributed by atoms with Crippen LogP contribution in [0.1, 0.15) is 10.8 Å². The number of hydrogen-bond donors (Lipinski definition) is 0. The SMILES string of the molecule is COC(=O)C(c1cccc(Cl)c1)S(=O)(=O)N(C)c1ccccc1. The van der Waals surface area contributed by atoms with Crippen LogP contribution in [-0.2, 0) is 19.6 Å². The van der Waals surface area contributed by atoms with Crippen LogP contribution in [0.5, 0.6) is 0 Å². The van der Waals surface area contributed by atoms with Gasteiger partial charge in [-0.2, -0.15) is 0 Å². The first-order chi connectivity index (χ1) is 10.9. The molecule has 122 valence electrons. The van der Waals surface area contributed by atoms with Crippen molar-refractivity contribution in [3.8, 4) is 0 Å². The summed E-state index contributed by atoms with van der Waals surface area (Å²) >= 11 is 5.92. The van der Waals surface area contributed by atoms with E-state index in [4.69, 9.17) is 16.3 Å². The maximum absolute atomic E-state index is 12.9. The van der Waals surface area contributed by atoms with E-state index in [2.05, 4.69) is 0 Å². The minimum absolute atomic E-state index is 0.257. The van der Waals surface area contributed by atoms with Crippen molar-refractivity contribution in [2.75, 3.05) is 18.5 Å². The number of hydrogen-bond acceptors (Lipinski definition) is 4. The van der Waals surface area contributed by atoms with Crippen molar-refractivity contribution in [1.82, 2.24) is 0 Å². The van der Waals surface area contributed by atoms with Crippen molar-refractivity contribution in [3.63, 3.8) is 0 Å². The molecule has 0 heterocycles. The minimum Gasteiger partial charge on any atom is -0.468 e. The summed E-state index contributed by atoms with van der Waals surface area (Å²) < 4.78 is 31.6. The molecule has 0 aliphatic rings. The number of esters is 1. The van der Waals surface area contributed by atoms with E-state index in [0.717, 1.165) is 11.4 Å². The Morgan fingerprint density at radius 3 is 2.35 bits per heavy atom. The number of carbonyl (C=O) groups excluding carboxylic acids is 1. The molecule has 0 amide bonds. The predicted octanol–water partition coefficient (Wildman–Crippen LogP) is 3.02. The van der Waals surface area contributed by atoms with Gasteiger partial charge in [-0.05, 0) is 29.8 Å². The maximum atomic E-state index is 12.9. The summed E-state index contributed by atoms with van der Waals surface area (Å²) in [5.41, 5.74) is 0.704. The topological polar surface area (TPSA) is 63.7 Å². The number of benzene rings is 2. The fraction of sp³-hybridized carbons (Fsp3) is 0.188. The quantitative estimate of drug-likeness (QED) is 0.775. The second kappa shape index (κ2) is 7.02. The molecule has 0 bridgehead atoms. The fourth-order valence-corrected chi connectivity index (χ4v) is 3.91. The Labute approximate surface area is 140 Å². The van der Waals surface area contributed by atoms with Crippen molar-refractivity contribution in [3.05, 3.63) is 65.2 Å². The molecule has 2 rings (SSSR count). The van der Waals surface area contributed by atoms with E-state index in [9.17, 15) is 13.2 Å². The lowest BCUT2D eigenvalue weighted by atomic mass is 10.1. The molecule has 0 saturated carbocycles. The molecule has 2 aromatic rings. The lowest BCUT2D eigenvalue weighted by molar-refractivity contribution is -0.140. The smallest absolute Gasteiger partial charge is 0.330 e. The number of nitrogens with zero attached hydrogens (tertiary/aromatic N) is 1. The largest absolute Gasteiger partial charge is 0.468 e. The Morgan fingerprint density at radius 1 is 1.13 bits per heavy atom. The first-order valence-corrected chi connectivity index (χ1v) is 8.62. The Balaban J connectivity index is 2.52. The lowest BCUT2D eigenvalue weighted by Gasteiger charge is -2.25. The van der Waals surface area contributed by atoms with Gasteiger partial charge in [-0.25, -0.2) is 8.42 Å². The molecule has 0 aromatic heterocycles. The highest BCUT2D eigenvalue weighted by Crippen LogP contribution is 2.30. The van der Waals surface area contributed by atoms with Gasteiger partial charge in [-0.15, -0.1) is 0 Å². The Kier molecular flexibility index (Phi) is 5.28. The summed E-state index contributed by atoms with van der Waals surface area (Å²) in [6, 6.07) is 14.7. The molecule has 0 fully saturated rings. The zero-order valence-corrected chi connectivity index (χ0v) is 14.2. The van der Waals surface area contributed by atoms with Crippen LogP contribution < -0.4 is 4.31 Å². The number of rotatable bonds is 5. The predicted molar refractivity (Wildman–Crippen MR) is 90.0 cm³/mol. The number of ether oxygens (including phenoxy) is 1. The number of anilines is 1. The Bertz CT molecular complexity index is 793. The second-order valence-electron chi connectivity index (χ2n) is 4.81. The third-order valence-corrected chi connectivity index (χ3v) is 5.64. The highest BCUT2D eigenvalue weighted by Gasteiger charge is 2.38. The summed E-state index contributed by atoms with van der Waals surface area (Å²) in [6.07, 6.45) is 0. The first kappa shape index (κ1) is 17.3. The van der Waals surface area contributed by atoms with Gasteiger partial charge in [0.15, 0.2) is 0 Å². The van der Waals surface area contributed by atoms with E-state index in [-0.39, 0.29) is 5.56 Å². The van der Waals surface area contributed by atoms with Crippen LogP contribution >= 0.6 is 11.6 Å². The number of halogens is 1. The molecule has 0 N–H and O–H groups in total. The average molecular weight is 354 g/mol. The van der Waals surface area contributed by atoms with E-state index < -0.39 is 21.2 Å². The van der Waals surface area contributed by atoms with Crippen LogP contribution in [0.3, 0.4) is 0 Å². The summed E-state index contributed by atoms with van der Waals surface area (Å²) in [6.45, 7) is 0. The molecule has 0 aliphatic heterocycles. The molecule has 23 heavy (non-hydrogen) atoms. The van der Waals surface area contributed by atoms with Gasteiger partial charge in [0.1, 0.15) is 0 Å². The van der Waals surface area contributed by atoms with Gasteiger partial charge in [0.05, 0.1) is 12.8 Å². The average Bonchev–Trinajstić information content (AvgIpc) is 2.54. The molecule has 1 unspecified atom stereocenters. The Morgan fingerprint density at radius 2 is 1.78 bits per heavy atom. The van der Waals surface area contributed by atoms with Gasteiger partial charge >= 0.3 is 5.97 Å². The van der Waals surface area contributed by atoms with E-state index in [0.29, 0.717) is 10.7 Å². The molecule has 1 atom stereocenters. The molecule has 0 spiro atoms. The van der Waals surface area contributed by atoms with Crippen LogP contribution in [-0.4, -0.2) is 28.5 Å². The van der Waals surface area contributed by atoms with Gasteiger partial charge in [0, 0.05) is 12.1 Å². The molecular formula is C16H16ClNO4S. The van der Waals surface area contributed by atoms with Gasteiger partial charge in [-0.3, -0.25) is 9.10 Å². The summed E-state index contributed by atoms with van der Waals surface area (Å²) in [5, 5.41) is -1.15. The molecule has 5 nitrogen and oxygen atoms in total. The molecule has 0 aliphatic carbocycles. The number of sulfonamides is 1. The second-order valence-corrected chi connectivity index (χ2v) is 7.29. The van der Waals surface area contributed by atoms with Crippen LogP contribution in [0.2, 0.25) is 5.02 Å². The molecule has 7 heteroatoms. The summed E-state index contributed by atoms with van der Waals surface area (Å²) in [7, 11) is -1.49. The first-order valence-electron chi connectivity index (χ1n) is 6.74. The van der Waals surface area contributed by atoms with Crippen LogP contribution in [0.25, 0.3) is 0 Å². The van der Waals surface area contributed by atoms with Crippen molar-refractivity contribution >= 4 is 33.3 Å².